The number of amides is 1. The van der Waals surface area contributed by atoms with E-state index in [1.54, 1.807) is 0 Å². The van der Waals surface area contributed by atoms with Gasteiger partial charge < -0.3 is 19.3 Å². The first-order valence-corrected chi connectivity index (χ1v) is 15.9. The van der Waals surface area contributed by atoms with Crippen molar-refractivity contribution < 1.29 is 14.6 Å². The van der Waals surface area contributed by atoms with Crippen molar-refractivity contribution in [2.45, 2.75) is 39.1 Å². The zero-order chi connectivity index (χ0) is 31.5. The van der Waals surface area contributed by atoms with Crippen LogP contribution in [0.2, 0.25) is 0 Å². The number of para-hydroxylation sites is 1. The number of fused-ring (bicyclic) bond motifs is 5. The molecule has 1 amide bonds. The van der Waals surface area contributed by atoms with E-state index < -0.39 is 0 Å². The number of aryl methyl sites for hydroxylation is 1. The van der Waals surface area contributed by atoms with Gasteiger partial charge in [-0.3, -0.25) is 9.69 Å². The van der Waals surface area contributed by atoms with Crippen molar-refractivity contribution in [3.8, 4) is 22.3 Å². The van der Waals surface area contributed by atoms with Crippen molar-refractivity contribution in [2.75, 3.05) is 26.7 Å². The second-order valence-electron chi connectivity index (χ2n) is 12.5. The van der Waals surface area contributed by atoms with Gasteiger partial charge in [-0.05, 0) is 47.9 Å². The van der Waals surface area contributed by atoms with Crippen LogP contribution in [-0.2, 0) is 24.9 Å². The molecule has 6 nitrogen and oxygen atoms in total. The fraction of sp³-hybridized carbons (Fsp3) is 0.308. The predicted molar refractivity (Wildman–Crippen MR) is 182 cm³/mol. The summed E-state index contributed by atoms with van der Waals surface area (Å²) in [6, 6.07) is 35.3. The van der Waals surface area contributed by atoms with Gasteiger partial charge in [-0.2, -0.15) is 0 Å². The van der Waals surface area contributed by atoms with Crippen LogP contribution in [0.3, 0.4) is 0 Å². The molecule has 0 saturated carbocycles. The highest BCUT2D eigenvalue weighted by molar-refractivity contribution is 6.10. The van der Waals surface area contributed by atoms with E-state index in [-0.39, 0.29) is 30.6 Å². The molecule has 0 saturated heterocycles. The molecular formula is C39H43N3O3. The summed E-state index contributed by atoms with van der Waals surface area (Å²) in [7, 11) is 4.09. The fourth-order valence-electron chi connectivity index (χ4n) is 6.64. The maximum Gasteiger partial charge on any atom is 0.271 e. The van der Waals surface area contributed by atoms with Crippen LogP contribution in [0.1, 0.15) is 35.5 Å². The number of aliphatic hydroxyl groups is 1. The standard InChI is InChI=1S/C39H43N3O3/c1-27-22-42(28(2)25-43)39(44)38-37(34-16-10-11-17-35(34)41(38)4)33-15-9-8-14-32(33)26-45-36(27)24-40(3)23-29-18-20-31(21-19-29)30-12-6-5-7-13-30/h5-21,27-28,36,43H,22-26H2,1-4H3/t27-,28-,36-/m1/s1. The Bertz CT molecular complexity index is 1760. The van der Waals surface area contributed by atoms with E-state index >= 15 is 0 Å². The molecule has 0 bridgehead atoms. The molecule has 4 aromatic carbocycles. The lowest BCUT2D eigenvalue weighted by molar-refractivity contribution is -0.0242. The van der Waals surface area contributed by atoms with Gasteiger partial charge in [0, 0.05) is 49.1 Å². The summed E-state index contributed by atoms with van der Waals surface area (Å²) < 4.78 is 8.79. The number of nitrogens with zero attached hydrogens (tertiary/aromatic N) is 3. The van der Waals surface area contributed by atoms with Gasteiger partial charge in [0.05, 0.1) is 25.4 Å². The van der Waals surface area contributed by atoms with Crippen molar-refractivity contribution in [1.82, 2.24) is 14.4 Å². The van der Waals surface area contributed by atoms with Crippen LogP contribution in [0.4, 0.5) is 0 Å². The molecule has 0 unspecified atom stereocenters. The molecule has 0 radical (unpaired) electrons. The Morgan fingerprint density at radius 3 is 2.33 bits per heavy atom. The lowest BCUT2D eigenvalue weighted by atomic mass is 9.96. The summed E-state index contributed by atoms with van der Waals surface area (Å²) in [5.41, 5.74) is 8.29. The van der Waals surface area contributed by atoms with Crippen molar-refractivity contribution >= 4 is 16.8 Å². The van der Waals surface area contributed by atoms with E-state index in [2.05, 4.69) is 91.7 Å². The average molecular weight is 602 g/mol. The third-order valence-electron chi connectivity index (χ3n) is 9.23. The van der Waals surface area contributed by atoms with Gasteiger partial charge in [0.1, 0.15) is 5.69 Å². The highest BCUT2D eigenvalue weighted by atomic mass is 16.5. The lowest BCUT2D eigenvalue weighted by Gasteiger charge is -2.35. The van der Waals surface area contributed by atoms with Crippen LogP contribution < -0.4 is 0 Å². The van der Waals surface area contributed by atoms with Crippen LogP contribution in [0.25, 0.3) is 33.2 Å². The molecule has 3 atom stereocenters. The third-order valence-corrected chi connectivity index (χ3v) is 9.23. The first-order chi connectivity index (χ1) is 21.9. The Morgan fingerprint density at radius 2 is 1.58 bits per heavy atom. The zero-order valence-electron chi connectivity index (χ0n) is 26.7. The lowest BCUT2D eigenvalue weighted by Crippen LogP contribution is -2.47. The van der Waals surface area contributed by atoms with E-state index in [1.807, 2.05) is 53.8 Å². The molecule has 2 heterocycles. The summed E-state index contributed by atoms with van der Waals surface area (Å²) in [5, 5.41) is 11.3. The molecular weight excluding hydrogens is 558 g/mol. The van der Waals surface area contributed by atoms with Crippen LogP contribution >= 0.6 is 0 Å². The van der Waals surface area contributed by atoms with E-state index in [1.165, 1.54) is 16.7 Å². The SMILES string of the molecule is C[C@@H]1CN([C@H](C)CO)C(=O)c2c(c3ccccc3n2C)-c2ccccc2CO[C@@H]1CN(C)Cc1ccc(-c2ccccc2)cc1. The Kier molecular flexibility index (Phi) is 9.17. The molecule has 6 rings (SSSR count). The van der Waals surface area contributed by atoms with Crippen molar-refractivity contribution in [3.05, 3.63) is 120 Å². The molecule has 0 fully saturated rings. The van der Waals surface area contributed by atoms with Gasteiger partial charge in [-0.1, -0.05) is 104 Å². The number of carbonyl (C=O) groups is 1. The first-order valence-electron chi connectivity index (χ1n) is 15.9. The fourth-order valence-corrected chi connectivity index (χ4v) is 6.64. The van der Waals surface area contributed by atoms with Crippen molar-refractivity contribution in [1.29, 1.82) is 0 Å². The van der Waals surface area contributed by atoms with Crippen molar-refractivity contribution in [2.24, 2.45) is 13.0 Å². The number of carbonyl (C=O) groups excluding carboxylic acids is 1. The average Bonchev–Trinajstić information content (AvgIpc) is 3.36. The number of rotatable bonds is 7. The Hall–Kier alpha value is -4.23. The number of ether oxygens (including phenoxy) is 1. The van der Waals surface area contributed by atoms with E-state index in [9.17, 15) is 9.90 Å². The second kappa shape index (κ2) is 13.4. The van der Waals surface area contributed by atoms with Crippen LogP contribution in [0.5, 0.6) is 0 Å². The number of hydrogen-bond acceptors (Lipinski definition) is 4. The number of hydrogen-bond donors (Lipinski definition) is 1. The molecule has 0 aliphatic carbocycles. The highest BCUT2D eigenvalue weighted by Crippen LogP contribution is 2.38. The normalized spacial score (nSPS) is 18.0. The number of aromatic nitrogens is 1. The first kappa shape index (κ1) is 30.8. The molecule has 232 valence electrons. The molecule has 1 aliphatic heterocycles. The quantitative estimate of drug-likeness (QED) is 0.218. The summed E-state index contributed by atoms with van der Waals surface area (Å²) in [5.74, 6) is -0.0475. The molecule has 45 heavy (non-hydrogen) atoms. The number of benzene rings is 4. The van der Waals surface area contributed by atoms with Gasteiger partial charge in [-0.15, -0.1) is 0 Å². The van der Waals surface area contributed by atoms with Gasteiger partial charge in [0.25, 0.3) is 5.91 Å². The third kappa shape index (κ3) is 6.32. The Labute approximate surface area is 266 Å². The van der Waals surface area contributed by atoms with E-state index in [4.69, 9.17) is 4.74 Å². The summed E-state index contributed by atoms with van der Waals surface area (Å²) >= 11 is 0. The minimum atomic E-state index is -0.344. The zero-order valence-corrected chi connectivity index (χ0v) is 26.7. The largest absolute Gasteiger partial charge is 0.394 e. The van der Waals surface area contributed by atoms with Gasteiger partial charge in [0.2, 0.25) is 0 Å². The molecule has 1 aromatic heterocycles. The van der Waals surface area contributed by atoms with Crippen molar-refractivity contribution in [3.63, 3.8) is 0 Å². The summed E-state index contributed by atoms with van der Waals surface area (Å²) in [6.45, 7) is 6.37. The monoisotopic (exact) mass is 601 g/mol. The molecule has 5 aromatic rings. The van der Waals surface area contributed by atoms with E-state index in [0.717, 1.165) is 34.1 Å². The number of likely N-dealkylation sites (N-methyl/N-ethyl adjacent to an activating group) is 1. The predicted octanol–water partition coefficient (Wildman–Crippen LogP) is 7.00. The Morgan fingerprint density at radius 1 is 0.911 bits per heavy atom. The minimum absolute atomic E-state index is 0.0225. The topological polar surface area (TPSA) is 57.9 Å². The molecule has 6 heteroatoms. The Balaban J connectivity index is 1.31. The molecule has 1 N–H and O–H groups in total. The highest BCUT2D eigenvalue weighted by Gasteiger charge is 2.33. The maximum atomic E-state index is 14.6. The van der Waals surface area contributed by atoms with E-state index in [0.29, 0.717) is 25.4 Å². The van der Waals surface area contributed by atoms with Gasteiger partial charge in [-0.25, -0.2) is 0 Å². The molecule has 0 spiro atoms. The minimum Gasteiger partial charge on any atom is -0.394 e. The summed E-state index contributed by atoms with van der Waals surface area (Å²) in [6.07, 6.45) is -0.134. The maximum absolute atomic E-state index is 14.6. The van der Waals surface area contributed by atoms with Crippen LogP contribution in [0.15, 0.2) is 103 Å². The second-order valence-corrected chi connectivity index (χ2v) is 12.5. The van der Waals surface area contributed by atoms with Gasteiger partial charge >= 0.3 is 0 Å². The smallest absolute Gasteiger partial charge is 0.271 e. The van der Waals surface area contributed by atoms with Gasteiger partial charge in [0.15, 0.2) is 0 Å². The number of aliphatic hydroxyl groups excluding tert-OH is 1. The van der Waals surface area contributed by atoms with Crippen LogP contribution in [-0.4, -0.2) is 64.3 Å². The molecule has 1 aliphatic rings. The summed E-state index contributed by atoms with van der Waals surface area (Å²) in [4.78, 5) is 18.7. The van der Waals surface area contributed by atoms with Crippen LogP contribution in [0, 0.1) is 5.92 Å².